The fraction of sp³-hybridized carbons (Fsp3) is 0.400. The molecule has 3 heterocycles. The van der Waals surface area contributed by atoms with Crippen LogP contribution in [0.4, 0.5) is 5.82 Å². The number of amides is 1. The summed E-state index contributed by atoms with van der Waals surface area (Å²) in [6.45, 7) is 4.00. The van der Waals surface area contributed by atoms with Crippen LogP contribution < -0.4 is 10.6 Å². The first kappa shape index (κ1) is 18.4. The maximum Gasteiger partial charge on any atom is 0.251 e. The predicted molar refractivity (Wildman–Crippen MR) is 105 cm³/mol. The molecule has 2 N–H and O–H groups in total. The SMILES string of the molecule is Cc1cccc(C(=O)NCCc2nnc3ccc(NCC4CCCO4)nn23)c1. The molecule has 28 heavy (non-hydrogen) atoms. The molecule has 1 aliphatic heterocycles. The molecule has 0 spiro atoms. The number of nitrogens with zero attached hydrogens (tertiary/aromatic N) is 4. The summed E-state index contributed by atoms with van der Waals surface area (Å²) in [5.41, 5.74) is 2.40. The highest BCUT2D eigenvalue weighted by atomic mass is 16.5. The third kappa shape index (κ3) is 4.28. The van der Waals surface area contributed by atoms with Gasteiger partial charge >= 0.3 is 0 Å². The Morgan fingerprint density at radius 2 is 2.21 bits per heavy atom. The number of nitrogens with one attached hydrogen (secondary N) is 2. The molecule has 0 saturated carbocycles. The zero-order chi connectivity index (χ0) is 19.3. The highest BCUT2D eigenvalue weighted by Gasteiger charge is 2.15. The fourth-order valence-electron chi connectivity index (χ4n) is 3.28. The van der Waals surface area contributed by atoms with Gasteiger partial charge in [-0.05, 0) is 44.0 Å². The van der Waals surface area contributed by atoms with Crippen molar-refractivity contribution in [3.8, 4) is 0 Å². The van der Waals surface area contributed by atoms with E-state index >= 15 is 0 Å². The lowest BCUT2D eigenvalue weighted by molar-refractivity contribution is 0.0954. The molecule has 8 heteroatoms. The number of rotatable bonds is 7. The largest absolute Gasteiger partial charge is 0.376 e. The van der Waals surface area contributed by atoms with Gasteiger partial charge in [-0.2, -0.15) is 4.52 Å². The maximum absolute atomic E-state index is 12.3. The van der Waals surface area contributed by atoms with Crippen LogP contribution in [0.25, 0.3) is 5.65 Å². The van der Waals surface area contributed by atoms with E-state index in [1.165, 1.54) is 0 Å². The van der Waals surface area contributed by atoms with Crippen molar-refractivity contribution in [1.29, 1.82) is 0 Å². The normalized spacial score (nSPS) is 16.4. The van der Waals surface area contributed by atoms with Crippen molar-refractivity contribution in [2.75, 3.05) is 25.0 Å². The van der Waals surface area contributed by atoms with Crippen LogP contribution in [0.2, 0.25) is 0 Å². The molecule has 8 nitrogen and oxygen atoms in total. The number of fused-ring (bicyclic) bond motifs is 1. The van der Waals surface area contributed by atoms with Crippen LogP contribution >= 0.6 is 0 Å². The second-order valence-electron chi connectivity index (χ2n) is 7.00. The third-order valence-corrected chi connectivity index (χ3v) is 4.78. The molecular weight excluding hydrogens is 356 g/mol. The van der Waals surface area contributed by atoms with Crippen LogP contribution in [0, 0.1) is 6.92 Å². The maximum atomic E-state index is 12.3. The van der Waals surface area contributed by atoms with Gasteiger partial charge in [0.25, 0.3) is 5.91 Å². The first-order chi connectivity index (χ1) is 13.7. The topological polar surface area (TPSA) is 93.4 Å². The van der Waals surface area contributed by atoms with E-state index in [9.17, 15) is 4.79 Å². The summed E-state index contributed by atoms with van der Waals surface area (Å²) in [7, 11) is 0. The van der Waals surface area contributed by atoms with Gasteiger partial charge in [-0.15, -0.1) is 15.3 Å². The van der Waals surface area contributed by atoms with Crippen LogP contribution in [-0.2, 0) is 11.2 Å². The number of carbonyl (C=O) groups excluding carboxylic acids is 1. The van der Waals surface area contributed by atoms with Gasteiger partial charge in [0, 0.05) is 31.7 Å². The molecule has 1 saturated heterocycles. The Bertz CT molecular complexity index is 964. The van der Waals surface area contributed by atoms with E-state index in [0.29, 0.717) is 30.0 Å². The van der Waals surface area contributed by atoms with E-state index in [2.05, 4.69) is 25.9 Å². The van der Waals surface area contributed by atoms with E-state index in [4.69, 9.17) is 4.74 Å². The number of anilines is 1. The highest BCUT2D eigenvalue weighted by Crippen LogP contribution is 2.13. The molecule has 146 valence electrons. The van der Waals surface area contributed by atoms with E-state index in [0.717, 1.165) is 37.4 Å². The Morgan fingerprint density at radius 1 is 1.29 bits per heavy atom. The molecular formula is C20H24N6O2. The molecule has 0 aliphatic carbocycles. The summed E-state index contributed by atoms with van der Waals surface area (Å²) in [5, 5.41) is 19.2. The number of hydrogen-bond donors (Lipinski definition) is 2. The van der Waals surface area contributed by atoms with Crippen LogP contribution in [-0.4, -0.2) is 51.5 Å². The van der Waals surface area contributed by atoms with Gasteiger partial charge in [0.2, 0.25) is 0 Å². The van der Waals surface area contributed by atoms with Crippen LogP contribution in [0.15, 0.2) is 36.4 Å². The average molecular weight is 380 g/mol. The minimum Gasteiger partial charge on any atom is -0.376 e. The lowest BCUT2D eigenvalue weighted by Crippen LogP contribution is -2.26. The average Bonchev–Trinajstić information content (AvgIpc) is 3.36. The Kier molecular flexibility index (Phi) is 5.48. The van der Waals surface area contributed by atoms with E-state index < -0.39 is 0 Å². The Hall–Kier alpha value is -3.00. The lowest BCUT2D eigenvalue weighted by atomic mass is 10.1. The molecule has 1 amide bonds. The molecule has 0 radical (unpaired) electrons. The fourth-order valence-corrected chi connectivity index (χ4v) is 3.28. The molecule has 1 fully saturated rings. The number of aryl methyl sites for hydroxylation is 1. The summed E-state index contributed by atoms with van der Waals surface area (Å²) < 4.78 is 7.35. The van der Waals surface area contributed by atoms with E-state index in [-0.39, 0.29) is 12.0 Å². The highest BCUT2D eigenvalue weighted by molar-refractivity contribution is 5.94. The zero-order valence-electron chi connectivity index (χ0n) is 15.9. The Balaban J connectivity index is 1.36. The molecule has 0 bridgehead atoms. The van der Waals surface area contributed by atoms with Gasteiger partial charge in [0.1, 0.15) is 5.82 Å². The van der Waals surface area contributed by atoms with Crippen molar-refractivity contribution < 1.29 is 9.53 Å². The smallest absolute Gasteiger partial charge is 0.251 e. The van der Waals surface area contributed by atoms with Crippen LogP contribution in [0.5, 0.6) is 0 Å². The zero-order valence-corrected chi connectivity index (χ0v) is 15.9. The molecule has 4 rings (SSSR count). The van der Waals surface area contributed by atoms with Crippen molar-refractivity contribution in [3.63, 3.8) is 0 Å². The van der Waals surface area contributed by atoms with Gasteiger partial charge in [0.15, 0.2) is 11.5 Å². The molecule has 1 aromatic carbocycles. The molecule has 1 atom stereocenters. The Labute approximate surface area is 163 Å². The first-order valence-electron chi connectivity index (χ1n) is 9.61. The molecule has 1 unspecified atom stereocenters. The minimum absolute atomic E-state index is 0.0931. The Morgan fingerprint density at radius 3 is 3.04 bits per heavy atom. The predicted octanol–water partition coefficient (Wildman–Crippen LogP) is 2.00. The summed E-state index contributed by atoms with van der Waals surface area (Å²) in [5.74, 6) is 1.37. The van der Waals surface area contributed by atoms with Gasteiger partial charge < -0.3 is 15.4 Å². The first-order valence-corrected chi connectivity index (χ1v) is 9.61. The summed E-state index contributed by atoms with van der Waals surface area (Å²) in [6, 6.07) is 11.3. The second-order valence-corrected chi connectivity index (χ2v) is 7.00. The number of aromatic nitrogens is 4. The monoisotopic (exact) mass is 380 g/mol. The molecule has 2 aromatic heterocycles. The standard InChI is InChI=1S/C20H24N6O2/c1-14-4-2-5-15(12-14)20(27)21-10-9-19-24-23-18-8-7-17(25-26(18)19)22-13-16-6-3-11-28-16/h2,4-5,7-8,12,16H,3,6,9-11,13H2,1H3,(H,21,27)(H,22,25). The molecule has 1 aliphatic rings. The summed E-state index contributed by atoms with van der Waals surface area (Å²) in [4.78, 5) is 12.3. The number of carbonyl (C=O) groups is 1. The molecule has 3 aromatic rings. The van der Waals surface area contributed by atoms with Crippen molar-refractivity contribution in [3.05, 3.63) is 53.3 Å². The number of benzene rings is 1. The summed E-state index contributed by atoms with van der Waals surface area (Å²) >= 11 is 0. The van der Waals surface area contributed by atoms with Crippen molar-refractivity contribution in [2.45, 2.75) is 32.3 Å². The van der Waals surface area contributed by atoms with Crippen LogP contribution in [0.3, 0.4) is 0 Å². The number of ether oxygens (including phenoxy) is 1. The summed E-state index contributed by atoms with van der Waals surface area (Å²) in [6.07, 6.45) is 2.98. The lowest BCUT2D eigenvalue weighted by Gasteiger charge is -2.11. The van der Waals surface area contributed by atoms with Gasteiger partial charge in [0.05, 0.1) is 6.10 Å². The third-order valence-electron chi connectivity index (χ3n) is 4.78. The number of hydrogen-bond acceptors (Lipinski definition) is 6. The van der Waals surface area contributed by atoms with Gasteiger partial charge in [-0.1, -0.05) is 17.7 Å². The second kappa shape index (κ2) is 8.35. The van der Waals surface area contributed by atoms with Crippen molar-refractivity contribution in [1.82, 2.24) is 25.1 Å². The van der Waals surface area contributed by atoms with Gasteiger partial charge in [-0.3, -0.25) is 4.79 Å². The van der Waals surface area contributed by atoms with Crippen molar-refractivity contribution in [2.24, 2.45) is 0 Å². The quantitative estimate of drug-likeness (QED) is 0.651. The van der Waals surface area contributed by atoms with E-state index in [1.54, 1.807) is 4.52 Å². The van der Waals surface area contributed by atoms with Crippen LogP contribution in [0.1, 0.15) is 34.6 Å². The minimum atomic E-state index is -0.0931. The van der Waals surface area contributed by atoms with E-state index in [1.807, 2.05) is 43.3 Å². The van der Waals surface area contributed by atoms with Gasteiger partial charge in [-0.25, -0.2) is 0 Å². The van der Waals surface area contributed by atoms with Crippen molar-refractivity contribution >= 4 is 17.4 Å².